The van der Waals surface area contributed by atoms with Crippen LogP contribution < -0.4 is 5.32 Å². The predicted octanol–water partition coefficient (Wildman–Crippen LogP) is 2.24. The summed E-state index contributed by atoms with van der Waals surface area (Å²) in [6.07, 6.45) is 1.10. The summed E-state index contributed by atoms with van der Waals surface area (Å²) in [5.74, 6) is 2.43. The third kappa shape index (κ3) is 4.58. The number of aliphatic hydroxyl groups is 1. The zero-order valence-electron chi connectivity index (χ0n) is 17.4. The maximum Gasteiger partial charge on any atom is 0.239 e. The lowest BCUT2D eigenvalue weighted by Gasteiger charge is -2.28. The Morgan fingerprint density at radius 1 is 1.20 bits per heavy atom. The molecule has 0 atom stereocenters. The molecule has 2 N–H and O–H groups in total. The molecular weight excluding hydrogens is 384 g/mol. The third-order valence-corrected chi connectivity index (χ3v) is 5.09. The number of nitrogens with zero attached hydrogens (tertiary/aromatic N) is 5. The standard InChI is InChI=1S/C21H26N6O3/c1-13-10-14(2)27(25-13)19-11-18(23-21(24-19)17-5-4-15(3)30-17)22-20(29)12-26-8-6-16(28)7-9-26/h4-5,10-11,16,28H,6-9,12H2,1-3H3,(H,22,23,24,29). The van der Waals surface area contributed by atoms with Crippen LogP contribution in [-0.4, -0.2) is 61.4 Å². The van der Waals surface area contributed by atoms with Crippen LogP contribution in [0.4, 0.5) is 5.82 Å². The summed E-state index contributed by atoms with van der Waals surface area (Å²) in [4.78, 5) is 23.7. The number of hydrogen-bond donors (Lipinski definition) is 2. The number of aromatic nitrogens is 4. The van der Waals surface area contributed by atoms with E-state index in [9.17, 15) is 9.90 Å². The van der Waals surface area contributed by atoms with E-state index in [1.54, 1.807) is 16.8 Å². The van der Waals surface area contributed by atoms with E-state index >= 15 is 0 Å². The summed E-state index contributed by atoms with van der Waals surface area (Å²) in [5, 5.41) is 17.0. The number of aryl methyl sites for hydroxylation is 3. The highest BCUT2D eigenvalue weighted by molar-refractivity contribution is 5.91. The van der Waals surface area contributed by atoms with Crippen LogP contribution in [0, 0.1) is 20.8 Å². The van der Waals surface area contributed by atoms with Crippen molar-refractivity contribution in [3.8, 4) is 17.4 Å². The monoisotopic (exact) mass is 410 g/mol. The molecule has 3 aromatic rings. The number of amides is 1. The minimum absolute atomic E-state index is 0.161. The lowest BCUT2D eigenvalue weighted by Crippen LogP contribution is -2.40. The van der Waals surface area contributed by atoms with Gasteiger partial charge in [0.25, 0.3) is 0 Å². The number of carbonyl (C=O) groups excluding carboxylic acids is 1. The quantitative estimate of drug-likeness (QED) is 0.664. The van der Waals surface area contributed by atoms with Gasteiger partial charge in [-0.3, -0.25) is 9.69 Å². The van der Waals surface area contributed by atoms with Crippen LogP contribution >= 0.6 is 0 Å². The normalized spacial score (nSPS) is 15.5. The Morgan fingerprint density at radius 2 is 1.97 bits per heavy atom. The molecule has 0 radical (unpaired) electrons. The Bertz CT molecular complexity index is 1050. The Hall–Kier alpha value is -3.04. The lowest BCUT2D eigenvalue weighted by atomic mass is 10.1. The summed E-state index contributed by atoms with van der Waals surface area (Å²) in [7, 11) is 0. The molecule has 0 bridgehead atoms. The number of likely N-dealkylation sites (tertiary alicyclic amines) is 1. The van der Waals surface area contributed by atoms with Crippen molar-refractivity contribution in [3.63, 3.8) is 0 Å². The van der Waals surface area contributed by atoms with Crippen molar-refractivity contribution >= 4 is 11.7 Å². The van der Waals surface area contributed by atoms with Crippen molar-refractivity contribution in [1.29, 1.82) is 0 Å². The van der Waals surface area contributed by atoms with Crippen molar-refractivity contribution in [3.05, 3.63) is 41.4 Å². The van der Waals surface area contributed by atoms with E-state index in [2.05, 4.69) is 20.4 Å². The van der Waals surface area contributed by atoms with Crippen LogP contribution in [-0.2, 0) is 4.79 Å². The van der Waals surface area contributed by atoms with Gasteiger partial charge in [0.15, 0.2) is 17.4 Å². The van der Waals surface area contributed by atoms with E-state index < -0.39 is 0 Å². The van der Waals surface area contributed by atoms with Gasteiger partial charge in [0.2, 0.25) is 5.91 Å². The number of nitrogens with one attached hydrogen (secondary N) is 1. The van der Waals surface area contributed by atoms with Gasteiger partial charge in [0.05, 0.1) is 18.3 Å². The molecule has 158 valence electrons. The highest BCUT2D eigenvalue weighted by Gasteiger charge is 2.20. The fraction of sp³-hybridized carbons (Fsp3) is 0.429. The largest absolute Gasteiger partial charge is 0.458 e. The molecule has 0 aromatic carbocycles. The molecular formula is C21H26N6O3. The fourth-order valence-corrected chi connectivity index (χ4v) is 3.60. The maximum absolute atomic E-state index is 12.6. The smallest absolute Gasteiger partial charge is 0.239 e. The number of aliphatic hydroxyl groups excluding tert-OH is 1. The number of anilines is 1. The van der Waals surface area contributed by atoms with Crippen molar-refractivity contribution in [1.82, 2.24) is 24.6 Å². The Balaban J connectivity index is 1.60. The first-order chi connectivity index (χ1) is 14.4. The van der Waals surface area contributed by atoms with Crippen LogP contribution in [0.25, 0.3) is 17.4 Å². The molecule has 1 saturated heterocycles. The van der Waals surface area contributed by atoms with Crippen molar-refractivity contribution in [2.24, 2.45) is 0 Å². The summed E-state index contributed by atoms with van der Waals surface area (Å²) in [6.45, 7) is 7.37. The molecule has 1 aliphatic heterocycles. The highest BCUT2D eigenvalue weighted by Crippen LogP contribution is 2.23. The van der Waals surface area contributed by atoms with Crippen LogP contribution in [0.1, 0.15) is 30.0 Å². The molecule has 30 heavy (non-hydrogen) atoms. The summed E-state index contributed by atoms with van der Waals surface area (Å²) in [5.41, 5.74) is 1.80. The molecule has 1 fully saturated rings. The number of hydrogen-bond acceptors (Lipinski definition) is 7. The molecule has 4 heterocycles. The summed E-state index contributed by atoms with van der Waals surface area (Å²) < 4.78 is 7.41. The molecule has 9 heteroatoms. The van der Waals surface area contributed by atoms with E-state index in [0.717, 1.165) is 17.1 Å². The first-order valence-corrected chi connectivity index (χ1v) is 10.1. The average molecular weight is 410 g/mol. The van der Waals surface area contributed by atoms with Crippen LogP contribution in [0.5, 0.6) is 0 Å². The van der Waals surface area contributed by atoms with Gasteiger partial charge in [-0.25, -0.2) is 14.6 Å². The van der Waals surface area contributed by atoms with E-state index in [-0.39, 0.29) is 18.6 Å². The van der Waals surface area contributed by atoms with Crippen LogP contribution in [0.3, 0.4) is 0 Å². The van der Waals surface area contributed by atoms with Gasteiger partial charge in [-0.1, -0.05) is 0 Å². The number of rotatable bonds is 5. The first-order valence-electron chi connectivity index (χ1n) is 10.1. The van der Waals surface area contributed by atoms with Gasteiger partial charge in [-0.2, -0.15) is 5.10 Å². The van der Waals surface area contributed by atoms with Crippen LogP contribution in [0.2, 0.25) is 0 Å². The average Bonchev–Trinajstić information content (AvgIpc) is 3.28. The zero-order valence-corrected chi connectivity index (χ0v) is 17.4. The van der Waals surface area contributed by atoms with E-state index in [1.165, 1.54) is 0 Å². The van der Waals surface area contributed by atoms with Gasteiger partial charge in [0, 0.05) is 24.8 Å². The second-order valence-electron chi connectivity index (χ2n) is 7.74. The zero-order chi connectivity index (χ0) is 21.3. The predicted molar refractivity (Wildman–Crippen MR) is 111 cm³/mol. The summed E-state index contributed by atoms with van der Waals surface area (Å²) >= 11 is 0. The Labute approximate surface area is 174 Å². The van der Waals surface area contributed by atoms with Gasteiger partial charge in [0.1, 0.15) is 11.6 Å². The Kier molecular flexibility index (Phi) is 5.65. The molecule has 0 spiro atoms. The van der Waals surface area contributed by atoms with Gasteiger partial charge < -0.3 is 14.8 Å². The Morgan fingerprint density at radius 3 is 2.60 bits per heavy atom. The SMILES string of the molecule is Cc1cc(C)n(-c2cc(NC(=O)CN3CCC(O)CC3)nc(-c3ccc(C)o3)n2)n1. The molecule has 9 nitrogen and oxygen atoms in total. The summed E-state index contributed by atoms with van der Waals surface area (Å²) in [6, 6.07) is 7.32. The maximum atomic E-state index is 12.6. The molecule has 1 aliphatic rings. The van der Waals surface area contributed by atoms with Gasteiger partial charge in [-0.15, -0.1) is 0 Å². The second kappa shape index (κ2) is 8.37. The molecule has 0 saturated carbocycles. The van der Waals surface area contributed by atoms with Crippen LogP contribution in [0.15, 0.2) is 28.7 Å². The molecule has 0 aliphatic carbocycles. The van der Waals surface area contributed by atoms with E-state index in [0.29, 0.717) is 49.2 Å². The fourth-order valence-electron chi connectivity index (χ4n) is 3.60. The minimum atomic E-state index is -0.270. The van der Waals surface area contributed by atoms with Crippen molar-refractivity contribution in [2.45, 2.75) is 39.7 Å². The van der Waals surface area contributed by atoms with Crippen molar-refractivity contribution in [2.75, 3.05) is 25.0 Å². The number of furan rings is 1. The van der Waals surface area contributed by atoms with E-state index in [1.807, 2.05) is 37.8 Å². The second-order valence-corrected chi connectivity index (χ2v) is 7.74. The highest BCUT2D eigenvalue weighted by atomic mass is 16.3. The first kappa shape index (κ1) is 20.2. The third-order valence-electron chi connectivity index (χ3n) is 5.09. The van der Waals surface area contributed by atoms with Gasteiger partial charge in [-0.05, 0) is 51.8 Å². The topological polar surface area (TPSA) is 109 Å². The minimum Gasteiger partial charge on any atom is -0.458 e. The van der Waals surface area contributed by atoms with E-state index in [4.69, 9.17) is 4.42 Å². The van der Waals surface area contributed by atoms with Crippen molar-refractivity contribution < 1.29 is 14.3 Å². The number of piperidine rings is 1. The molecule has 3 aromatic heterocycles. The number of carbonyl (C=O) groups is 1. The molecule has 1 amide bonds. The molecule has 0 unspecified atom stereocenters. The molecule has 4 rings (SSSR count). The lowest BCUT2D eigenvalue weighted by molar-refractivity contribution is -0.117. The van der Waals surface area contributed by atoms with Gasteiger partial charge >= 0.3 is 0 Å².